The third kappa shape index (κ3) is 5.19. The van der Waals surface area contributed by atoms with E-state index in [1.807, 2.05) is 0 Å². The first kappa shape index (κ1) is 28.7. The standard InChI is InChI=1S/C24H28N8O7S2/c1-30(2)20(35)13-6-12(7-26-13)31-4-3-10(19(31)34)5-11-8-40-22-16(21(36)32(22)17(11)23(37)38)28-18(33)15(29-39)14-9-41-24(25)27-14/h5,9,12-13,15-16,22,26H,3-4,6-8H2,1-2H3,(H2,25,27)(H,28,33)(H,37,38)/t12-,13-,15?,16?,22?/m0/s1. The Morgan fingerprint density at radius 2 is 2.10 bits per heavy atom. The highest BCUT2D eigenvalue weighted by molar-refractivity contribution is 8.00. The summed E-state index contributed by atoms with van der Waals surface area (Å²) in [5.74, 6) is -2.93. The molecule has 0 saturated carbocycles. The van der Waals surface area contributed by atoms with Crippen LogP contribution in [0.25, 0.3) is 0 Å². The highest BCUT2D eigenvalue weighted by Crippen LogP contribution is 2.41. The van der Waals surface area contributed by atoms with Gasteiger partial charge in [0.2, 0.25) is 17.9 Å². The molecule has 4 aliphatic rings. The van der Waals surface area contributed by atoms with Crippen molar-refractivity contribution in [2.45, 2.75) is 42.4 Å². The maximum atomic E-state index is 13.2. The molecule has 5 N–H and O–H groups in total. The highest BCUT2D eigenvalue weighted by atomic mass is 32.2. The molecule has 3 saturated heterocycles. The fraction of sp³-hybridized carbons (Fsp3) is 0.500. The van der Waals surface area contributed by atoms with E-state index in [0.29, 0.717) is 37.1 Å². The maximum absolute atomic E-state index is 13.2. The molecule has 15 nitrogen and oxygen atoms in total. The van der Waals surface area contributed by atoms with Crippen LogP contribution in [-0.4, -0.2) is 111 Å². The Bertz CT molecular complexity index is 1390. The van der Waals surface area contributed by atoms with Crippen LogP contribution in [0.15, 0.2) is 33.5 Å². The second-order valence-electron chi connectivity index (χ2n) is 10.2. The van der Waals surface area contributed by atoms with Crippen molar-refractivity contribution in [3.63, 3.8) is 0 Å². The van der Waals surface area contributed by atoms with Crippen molar-refractivity contribution in [2.24, 2.45) is 5.18 Å². The van der Waals surface area contributed by atoms with Crippen LogP contribution < -0.4 is 16.4 Å². The van der Waals surface area contributed by atoms with Crippen molar-refractivity contribution in [3.8, 4) is 0 Å². The van der Waals surface area contributed by atoms with E-state index in [1.165, 1.54) is 28.1 Å². The van der Waals surface area contributed by atoms with E-state index in [9.17, 15) is 34.0 Å². The Morgan fingerprint density at radius 3 is 2.73 bits per heavy atom. The fourth-order valence-electron chi connectivity index (χ4n) is 5.43. The van der Waals surface area contributed by atoms with Gasteiger partial charge < -0.3 is 31.3 Å². The molecule has 4 amide bonds. The summed E-state index contributed by atoms with van der Waals surface area (Å²) >= 11 is 2.27. The first-order valence-corrected chi connectivity index (χ1v) is 14.7. The summed E-state index contributed by atoms with van der Waals surface area (Å²) in [5, 5.41) is 19.3. The number of nitrogens with two attached hydrogens (primary N) is 1. The summed E-state index contributed by atoms with van der Waals surface area (Å²) in [6, 6.07) is -3.09. The second kappa shape index (κ2) is 11.2. The number of carboxylic acid groups (broad SMARTS) is 1. The van der Waals surface area contributed by atoms with Crippen LogP contribution in [0.2, 0.25) is 0 Å². The van der Waals surface area contributed by atoms with Crippen molar-refractivity contribution in [3.05, 3.63) is 38.9 Å². The number of allylic oxidation sites excluding steroid dienone is 1. The number of carbonyl (C=O) groups excluding carboxylic acids is 4. The van der Waals surface area contributed by atoms with Crippen molar-refractivity contribution in [1.82, 2.24) is 30.3 Å². The molecular formula is C24H28N8O7S2. The van der Waals surface area contributed by atoms with E-state index in [2.05, 4.69) is 20.8 Å². The van der Waals surface area contributed by atoms with Crippen LogP contribution in [0, 0.1) is 4.91 Å². The summed E-state index contributed by atoms with van der Waals surface area (Å²) in [6.07, 6.45) is 2.43. The van der Waals surface area contributed by atoms with Gasteiger partial charge in [-0.3, -0.25) is 24.1 Å². The molecule has 1 aromatic heterocycles. The number of aliphatic carboxylic acids is 1. The van der Waals surface area contributed by atoms with Crippen LogP contribution in [-0.2, 0) is 24.0 Å². The van der Waals surface area contributed by atoms with Gasteiger partial charge in [0.15, 0.2) is 5.13 Å². The molecule has 5 atom stereocenters. The highest BCUT2D eigenvalue weighted by Gasteiger charge is 2.54. The molecule has 218 valence electrons. The van der Waals surface area contributed by atoms with Gasteiger partial charge in [-0.1, -0.05) is 0 Å². The van der Waals surface area contributed by atoms with Crippen molar-refractivity contribution in [2.75, 3.05) is 38.7 Å². The average molecular weight is 605 g/mol. The topological polar surface area (TPSA) is 208 Å². The number of carbonyl (C=O) groups is 5. The van der Waals surface area contributed by atoms with Crippen LogP contribution in [0.4, 0.5) is 5.13 Å². The molecule has 3 unspecified atom stereocenters. The van der Waals surface area contributed by atoms with E-state index in [4.69, 9.17) is 5.73 Å². The van der Waals surface area contributed by atoms with E-state index in [1.54, 1.807) is 19.0 Å². The third-order valence-electron chi connectivity index (χ3n) is 7.47. The quantitative estimate of drug-likeness (QED) is 0.165. The summed E-state index contributed by atoms with van der Waals surface area (Å²) in [6.45, 7) is 0.925. The lowest BCUT2D eigenvalue weighted by molar-refractivity contribution is -0.150. The van der Waals surface area contributed by atoms with Crippen molar-refractivity contribution in [1.29, 1.82) is 0 Å². The Kier molecular flexibility index (Phi) is 7.85. The van der Waals surface area contributed by atoms with Gasteiger partial charge in [0, 0.05) is 49.9 Å². The smallest absolute Gasteiger partial charge is 0.352 e. The van der Waals surface area contributed by atoms with Gasteiger partial charge in [0.1, 0.15) is 17.1 Å². The molecule has 0 aromatic carbocycles. The number of β-lactam (4-membered cyclic amide) rings is 1. The van der Waals surface area contributed by atoms with Gasteiger partial charge in [0.05, 0.1) is 11.7 Å². The van der Waals surface area contributed by atoms with Gasteiger partial charge in [-0.25, -0.2) is 9.78 Å². The largest absolute Gasteiger partial charge is 0.477 e. The van der Waals surface area contributed by atoms with Gasteiger partial charge in [-0.15, -0.1) is 28.0 Å². The number of hydrogen-bond acceptors (Lipinski definition) is 12. The lowest BCUT2D eigenvalue weighted by Crippen LogP contribution is -2.70. The van der Waals surface area contributed by atoms with Crippen molar-refractivity contribution >= 4 is 57.8 Å². The molecule has 5 heterocycles. The number of likely N-dealkylation sites (tertiary alicyclic amines) is 1. The molecule has 17 heteroatoms. The van der Waals surface area contributed by atoms with Crippen molar-refractivity contribution < 1.29 is 29.1 Å². The number of nitrogen functional groups attached to an aromatic ring is 1. The molecule has 0 radical (unpaired) electrons. The number of fused-ring (bicyclic) bond motifs is 1. The zero-order chi connectivity index (χ0) is 29.6. The first-order chi connectivity index (χ1) is 19.5. The van der Waals surface area contributed by atoms with Crippen LogP contribution in [0.1, 0.15) is 24.6 Å². The number of hydrogen-bond donors (Lipinski definition) is 4. The number of nitrogens with zero attached hydrogens (tertiary/aromatic N) is 5. The number of nitrogens with one attached hydrogen (secondary N) is 2. The molecule has 41 heavy (non-hydrogen) atoms. The molecular weight excluding hydrogens is 576 g/mol. The lowest BCUT2D eigenvalue weighted by atomic mass is 10.0. The van der Waals surface area contributed by atoms with Gasteiger partial charge in [-0.05, 0) is 29.7 Å². The van der Waals surface area contributed by atoms with Gasteiger partial charge >= 0.3 is 5.97 Å². The normalized spacial score (nSPS) is 27.5. The molecule has 0 aliphatic carbocycles. The summed E-state index contributed by atoms with van der Waals surface area (Å²) in [7, 11) is 3.36. The zero-order valence-corrected chi connectivity index (χ0v) is 23.7. The number of anilines is 1. The number of carboxylic acids is 1. The number of thiazole rings is 1. The summed E-state index contributed by atoms with van der Waals surface area (Å²) < 4.78 is 0. The second-order valence-corrected chi connectivity index (χ2v) is 12.2. The average Bonchev–Trinajstić information content (AvgIpc) is 3.67. The number of thioether (sulfide) groups is 1. The van der Waals surface area contributed by atoms with E-state index in [0.717, 1.165) is 16.2 Å². The number of rotatable bonds is 8. The Hall–Kier alpha value is -3.83. The maximum Gasteiger partial charge on any atom is 0.352 e. The minimum absolute atomic E-state index is 0.0561. The number of nitroso groups, excluding NO2 is 1. The molecule has 0 bridgehead atoms. The third-order valence-corrected chi connectivity index (χ3v) is 9.46. The SMILES string of the molecule is CN(C)C(=O)[C@@H]1C[C@H](N2CCC(=CC3=C(C(=O)O)N4C(=O)C(NC(=O)C(N=O)c5csc(N)n5)C4SC3)C2=O)CN1. The van der Waals surface area contributed by atoms with Crippen LogP contribution in [0.3, 0.4) is 0 Å². The van der Waals surface area contributed by atoms with E-state index < -0.39 is 35.2 Å². The van der Waals surface area contributed by atoms with Gasteiger partial charge in [0.25, 0.3) is 11.8 Å². The fourth-order valence-corrected chi connectivity index (χ4v) is 7.32. The molecule has 1 aromatic rings. The summed E-state index contributed by atoms with van der Waals surface area (Å²) in [4.78, 5) is 83.1. The monoisotopic (exact) mass is 604 g/mol. The predicted molar refractivity (Wildman–Crippen MR) is 148 cm³/mol. The summed E-state index contributed by atoms with van der Waals surface area (Å²) in [5.41, 5.74) is 6.13. The molecule has 3 fully saturated rings. The predicted octanol–water partition coefficient (Wildman–Crippen LogP) is -0.751. The van der Waals surface area contributed by atoms with Crippen LogP contribution >= 0.6 is 23.1 Å². The molecule has 0 spiro atoms. The zero-order valence-electron chi connectivity index (χ0n) is 22.1. The number of likely N-dealkylation sites (N-methyl/N-ethyl adjacent to an activating group) is 1. The number of aromatic nitrogens is 1. The lowest BCUT2D eigenvalue weighted by Gasteiger charge is -2.49. The van der Waals surface area contributed by atoms with E-state index >= 15 is 0 Å². The molecule has 5 rings (SSSR count). The Balaban J connectivity index is 1.29. The van der Waals surface area contributed by atoms with Gasteiger partial charge in [-0.2, -0.15) is 0 Å². The minimum atomic E-state index is -1.50. The Morgan fingerprint density at radius 1 is 1.34 bits per heavy atom. The van der Waals surface area contributed by atoms with E-state index in [-0.39, 0.29) is 46.2 Å². The number of amides is 4. The minimum Gasteiger partial charge on any atom is -0.477 e. The van der Waals surface area contributed by atoms with Crippen LogP contribution in [0.5, 0.6) is 0 Å². The first-order valence-electron chi connectivity index (χ1n) is 12.7. The Labute approximate surface area is 242 Å². The molecule has 4 aliphatic heterocycles.